The Hall–Kier alpha value is -6.88. The summed E-state index contributed by atoms with van der Waals surface area (Å²) in [5.41, 5.74) is 11.9. The van der Waals surface area contributed by atoms with Crippen molar-refractivity contribution in [2.75, 3.05) is 0 Å². The lowest BCUT2D eigenvalue weighted by atomic mass is 9.98. The Morgan fingerprint density at radius 3 is 1.54 bits per heavy atom. The highest BCUT2D eigenvalue weighted by Crippen LogP contribution is 2.43. The Balaban J connectivity index is 1.39. The van der Waals surface area contributed by atoms with Gasteiger partial charge in [0, 0.05) is 44.0 Å². The molecule has 0 unspecified atom stereocenters. The van der Waals surface area contributed by atoms with Crippen LogP contribution in [-0.2, 0) is 0 Å². The van der Waals surface area contributed by atoms with E-state index in [2.05, 4.69) is 130 Å². The van der Waals surface area contributed by atoms with Gasteiger partial charge in [-0.15, -0.1) is 0 Å². The summed E-state index contributed by atoms with van der Waals surface area (Å²) < 4.78 is 4.69. The molecule has 4 nitrogen and oxygen atoms in total. The first-order valence-corrected chi connectivity index (χ1v) is 15.9. The molecule has 2 heterocycles. The minimum atomic E-state index is 0.633. The lowest BCUT2D eigenvalue weighted by molar-refractivity contribution is 1.17. The number of fused-ring (bicyclic) bond motifs is 6. The maximum Gasteiger partial charge on any atom is 0.0998 e. The lowest BCUT2D eigenvalue weighted by Crippen LogP contribution is -1.98. The van der Waals surface area contributed by atoms with Gasteiger partial charge >= 0.3 is 0 Å². The smallest absolute Gasteiger partial charge is 0.0998 e. The van der Waals surface area contributed by atoms with E-state index >= 15 is 0 Å². The molecular weight excluding hydrogens is 585 g/mol. The molecule has 9 aromatic rings. The van der Waals surface area contributed by atoms with Gasteiger partial charge in [-0.1, -0.05) is 103 Å². The summed E-state index contributed by atoms with van der Waals surface area (Å²) in [6, 6.07) is 59.0. The van der Waals surface area contributed by atoms with Gasteiger partial charge < -0.3 is 9.13 Å². The van der Waals surface area contributed by atoms with Crippen molar-refractivity contribution in [3.63, 3.8) is 0 Å². The first kappa shape index (κ1) is 27.4. The minimum Gasteiger partial charge on any atom is -0.309 e. The van der Waals surface area contributed by atoms with Crippen LogP contribution in [-0.4, -0.2) is 9.13 Å². The van der Waals surface area contributed by atoms with Crippen molar-refractivity contribution in [1.82, 2.24) is 9.13 Å². The highest BCUT2D eigenvalue weighted by atomic mass is 15.0. The maximum atomic E-state index is 9.88. The summed E-state index contributed by atoms with van der Waals surface area (Å²) >= 11 is 0. The largest absolute Gasteiger partial charge is 0.309 e. The molecule has 2 aromatic heterocycles. The van der Waals surface area contributed by atoms with E-state index in [-0.39, 0.29) is 0 Å². The molecule has 0 aliphatic rings. The average molecular weight is 611 g/mol. The molecule has 0 aliphatic heterocycles. The predicted octanol–water partition coefficient (Wildman–Crippen LogP) is 11.0. The van der Waals surface area contributed by atoms with Crippen LogP contribution in [0.15, 0.2) is 158 Å². The van der Waals surface area contributed by atoms with Crippen LogP contribution < -0.4 is 0 Å². The lowest BCUT2D eigenvalue weighted by Gasteiger charge is -2.16. The molecule has 0 aliphatic carbocycles. The molecule has 48 heavy (non-hydrogen) atoms. The van der Waals surface area contributed by atoms with E-state index in [0.717, 1.165) is 55.7 Å². The van der Waals surface area contributed by atoms with Gasteiger partial charge in [0.25, 0.3) is 0 Å². The predicted molar refractivity (Wildman–Crippen MR) is 195 cm³/mol. The summed E-state index contributed by atoms with van der Waals surface area (Å²) in [6.45, 7) is 0. The zero-order valence-corrected chi connectivity index (χ0v) is 25.8. The second-order valence-corrected chi connectivity index (χ2v) is 12.0. The molecule has 0 N–H and O–H groups in total. The molecule has 0 spiro atoms. The van der Waals surface area contributed by atoms with E-state index in [9.17, 15) is 10.5 Å². The normalized spacial score (nSPS) is 11.3. The monoisotopic (exact) mass is 610 g/mol. The number of hydrogen-bond donors (Lipinski definition) is 0. The molecule has 0 atom stereocenters. The van der Waals surface area contributed by atoms with Crippen LogP contribution in [0.25, 0.3) is 77.2 Å². The molecular formula is C44H26N4. The summed E-state index contributed by atoms with van der Waals surface area (Å²) in [7, 11) is 0. The van der Waals surface area contributed by atoms with Crippen molar-refractivity contribution < 1.29 is 0 Å². The highest BCUT2D eigenvalue weighted by Gasteiger charge is 2.21. The van der Waals surface area contributed by atoms with Gasteiger partial charge in [-0.2, -0.15) is 10.5 Å². The standard InChI is InChI=1S/C44H26N4/c45-27-29-22-24-32(25-23-29)47-41-20-5-3-14-35(41)37-16-8-18-39(43(37)47)40-19-9-17-38-36-15-4-6-21-42(36)48(44(38)40)33-12-7-11-30(26-33)34-13-2-1-10-31(34)28-46/h1-26H. The third-order valence-electron chi connectivity index (χ3n) is 9.40. The molecule has 7 aromatic carbocycles. The summed E-state index contributed by atoms with van der Waals surface area (Å²) in [6.07, 6.45) is 0. The summed E-state index contributed by atoms with van der Waals surface area (Å²) in [4.78, 5) is 0. The molecule has 0 fully saturated rings. The second-order valence-electron chi connectivity index (χ2n) is 12.0. The maximum absolute atomic E-state index is 9.88. The van der Waals surface area contributed by atoms with Crippen molar-refractivity contribution >= 4 is 43.6 Å². The van der Waals surface area contributed by atoms with Crippen LogP contribution in [0.2, 0.25) is 0 Å². The molecule has 4 heteroatoms. The first-order valence-electron chi connectivity index (χ1n) is 15.9. The van der Waals surface area contributed by atoms with Crippen LogP contribution in [0.4, 0.5) is 0 Å². The topological polar surface area (TPSA) is 57.4 Å². The number of hydrogen-bond acceptors (Lipinski definition) is 2. The van der Waals surface area contributed by atoms with Crippen molar-refractivity contribution in [2.24, 2.45) is 0 Å². The van der Waals surface area contributed by atoms with Gasteiger partial charge in [-0.3, -0.25) is 0 Å². The van der Waals surface area contributed by atoms with Crippen LogP contribution in [0.3, 0.4) is 0 Å². The van der Waals surface area contributed by atoms with Crippen molar-refractivity contribution in [2.45, 2.75) is 0 Å². The molecule has 0 saturated heterocycles. The number of aromatic nitrogens is 2. The van der Waals surface area contributed by atoms with E-state index < -0.39 is 0 Å². The quantitative estimate of drug-likeness (QED) is 0.199. The highest BCUT2D eigenvalue weighted by molar-refractivity contribution is 6.19. The molecule has 0 saturated carbocycles. The Morgan fingerprint density at radius 1 is 0.396 bits per heavy atom. The van der Waals surface area contributed by atoms with Gasteiger partial charge in [0.1, 0.15) is 0 Å². The fraction of sp³-hybridized carbons (Fsp3) is 0. The number of rotatable bonds is 4. The van der Waals surface area contributed by atoms with Crippen LogP contribution in [0.5, 0.6) is 0 Å². The van der Waals surface area contributed by atoms with Crippen molar-refractivity contribution in [3.05, 3.63) is 169 Å². The van der Waals surface area contributed by atoms with Crippen LogP contribution in [0, 0.1) is 22.7 Å². The fourth-order valence-corrected chi connectivity index (χ4v) is 7.34. The Labute approximate surface area is 277 Å². The number of nitrogens with zero attached hydrogens (tertiary/aromatic N) is 4. The van der Waals surface area contributed by atoms with E-state index in [1.165, 1.54) is 21.5 Å². The molecule has 0 radical (unpaired) electrons. The van der Waals surface area contributed by atoms with Crippen molar-refractivity contribution in [3.8, 4) is 45.8 Å². The zero-order valence-electron chi connectivity index (χ0n) is 25.8. The fourth-order valence-electron chi connectivity index (χ4n) is 7.34. The molecule has 9 rings (SSSR count). The Bertz CT molecular complexity index is 2800. The van der Waals surface area contributed by atoms with Gasteiger partial charge in [-0.25, -0.2) is 0 Å². The summed E-state index contributed by atoms with van der Waals surface area (Å²) in [5.74, 6) is 0. The summed E-state index contributed by atoms with van der Waals surface area (Å²) in [5, 5.41) is 24.1. The van der Waals surface area contributed by atoms with Gasteiger partial charge in [-0.05, 0) is 65.7 Å². The van der Waals surface area contributed by atoms with E-state index in [0.29, 0.717) is 11.1 Å². The molecule has 222 valence electrons. The third kappa shape index (κ3) is 4.07. The Kier molecular flexibility index (Phi) is 6.22. The van der Waals surface area contributed by atoms with Gasteiger partial charge in [0.15, 0.2) is 0 Å². The van der Waals surface area contributed by atoms with Gasteiger partial charge in [0.2, 0.25) is 0 Å². The SMILES string of the molecule is N#Cc1ccc(-n2c3ccccc3c3cccc(-c4cccc5c6ccccc6n(-c6cccc(-c7ccccc7C#N)c6)c45)c32)cc1. The van der Waals surface area contributed by atoms with E-state index in [1.54, 1.807) is 0 Å². The third-order valence-corrected chi connectivity index (χ3v) is 9.40. The number of nitriles is 2. The zero-order chi connectivity index (χ0) is 32.2. The average Bonchev–Trinajstić information content (AvgIpc) is 3.68. The molecule has 0 bridgehead atoms. The Morgan fingerprint density at radius 2 is 0.917 bits per heavy atom. The van der Waals surface area contributed by atoms with Crippen LogP contribution >= 0.6 is 0 Å². The second kappa shape index (κ2) is 10.9. The van der Waals surface area contributed by atoms with Gasteiger partial charge in [0.05, 0.1) is 45.3 Å². The van der Waals surface area contributed by atoms with E-state index in [1.807, 2.05) is 48.5 Å². The van der Waals surface area contributed by atoms with Crippen molar-refractivity contribution in [1.29, 1.82) is 10.5 Å². The minimum absolute atomic E-state index is 0.633. The van der Waals surface area contributed by atoms with E-state index in [4.69, 9.17) is 0 Å². The number of benzene rings is 7. The van der Waals surface area contributed by atoms with Crippen LogP contribution in [0.1, 0.15) is 11.1 Å². The first-order chi connectivity index (χ1) is 23.7. The molecule has 0 amide bonds. The number of para-hydroxylation sites is 4.